The average Bonchev–Trinajstić information content (AvgIpc) is 2.48. The standard InChI is InChI=1S/C13H20N4O3S/c1-21(19,20)17-9-7-16(8-10-17)12(13(18)15-14)11-5-3-2-4-6-11/h2-6,12H,7-10,14H2,1H3,(H,15,18). The Morgan fingerprint density at radius 1 is 1.19 bits per heavy atom. The van der Waals surface area contributed by atoms with Gasteiger partial charge in [0, 0.05) is 26.2 Å². The van der Waals surface area contributed by atoms with Gasteiger partial charge in [0.1, 0.15) is 6.04 Å². The van der Waals surface area contributed by atoms with Gasteiger partial charge < -0.3 is 0 Å². The van der Waals surface area contributed by atoms with Crippen molar-refractivity contribution in [2.75, 3.05) is 32.4 Å². The molecule has 3 N–H and O–H groups in total. The Kier molecular flexibility index (Phi) is 4.94. The SMILES string of the molecule is CS(=O)(=O)N1CCN(C(C(=O)NN)c2ccccc2)CC1. The first-order valence-corrected chi connectivity index (χ1v) is 8.53. The van der Waals surface area contributed by atoms with Crippen LogP contribution in [0.5, 0.6) is 0 Å². The highest BCUT2D eigenvalue weighted by Gasteiger charge is 2.32. The summed E-state index contributed by atoms with van der Waals surface area (Å²) in [7, 11) is -3.18. The molecule has 1 aromatic rings. The zero-order valence-electron chi connectivity index (χ0n) is 11.9. The second kappa shape index (κ2) is 6.52. The van der Waals surface area contributed by atoms with E-state index in [-0.39, 0.29) is 5.91 Å². The third-order valence-corrected chi connectivity index (χ3v) is 4.92. The molecule has 0 radical (unpaired) electrons. The zero-order chi connectivity index (χ0) is 15.5. The second-order valence-corrected chi connectivity index (χ2v) is 7.00. The Morgan fingerprint density at radius 2 is 1.76 bits per heavy atom. The number of sulfonamides is 1. The first-order chi connectivity index (χ1) is 9.93. The number of amides is 1. The Balaban J connectivity index is 2.15. The third-order valence-electron chi connectivity index (χ3n) is 3.61. The predicted octanol–water partition coefficient (Wildman–Crippen LogP) is -0.705. The molecular formula is C13H20N4O3S. The molecule has 1 aliphatic rings. The van der Waals surface area contributed by atoms with Gasteiger partial charge in [-0.25, -0.2) is 14.3 Å². The number of hydrogen-bond acceptors (Lipinski definition) is 5. The summed E-state index contributed by atoms with van der Waals surface area (Å²) in [4.78, 5) is 14.0. The third kappa shape index (κ3) is 3.79. The minimum Gasteiger partial charge on any atom is -0.293 e. The van der Waals surface area contributed by atoms with E-state index in [1.54, 1.807) is 0 Å². The first-order valence-electron chi connectivity index (χ1n) is 6.68. The molecule has 0 spiro atoms. The fourth-order valence-corrected chi connectivity index (χ4v) is 3.36. The van der Waals surface area contributed by atoms with Crippen molar-refractivity contribution in [1.82, 2.24) is 14.6 Å². The Labute approximate surface area is 124 Å². The van der Waals surface area contributed by atoms with E-state index in [0.29, 0.717) is 26.2 Å². The predicted molar refractivity (Wildman–Crippen MR) is 79.5 cm³/mol. The maximum atomic E-state index is 12.1. The van der Waals surface area contributed by atoms with Crippen LogP contribution in [0, 0.1) is 0 Å². The summed E-state index contributed by atoms with van der Waals surface area (Å²) in [5, 5.41) is 0. The molecule has 1 atom stereocenters. The lowest BCUT2D eigenvalue weighted by molar-refractivity contribution is -0.127. The molecular weight excluding hydrogens is 292 g/mol. The first kappa shape index (κ1) is 15.9. The number of nitrogens with zero attached hydrogens (tertiary/aromatic N) is 2. The molecule has 1 saturated heterocycles. The van der Waals surface area contributed by atoms with E-state index in [9.17, 15) is 13.2 Å². The van der Waals surface area contributed by atoms with Gasteiger partial charge in [0.15, 0.2) is 0 Å². The molecule has 1 heterocycles. The molecule has 1 aliphatic heterocycles. The van der Waals surface area contributed by atoms with E-state index >= 15 is 0 Å². The fraction of sp³-hybridized carbons (Fsp3) is 0.462. The molecule has 21 heavy (non-hydrogen) atoms. The van der Waals surface area contributed by atoms with Crippen molar-refractivity contribution >= 4 is 15.9 Å². The zero-order valence-corrected chi connectivity index (χ0v) is 12.7. The van der Waals surface area contributed by atoms with Gasteiger partial charge in [-0.15, -0.1) is 0 Å². The lowest BCUT2D eigenvalue weighted by Gasteiger charge is -2.37. The molecule has 0 saturated carbocycles. The molecule has 0 aliphatic carbocycles. The highest BCUT2D eigenvalue weighted by atomic mass is 32.2. The van der Waals surface area contributed by atoms with Gasteiger partial charge >= 0.3 is 0 Å². The van der Waals surface area contributed by atoms with Crippen molar-refractivity contribution in [3.63, 3.8) is 0 Å². The van der Waals surface area contributed by atoms with Crippen LogP contribution < -0.4 is 11.3 Å². The van der Waals surface area contributed by atoms with E-state index in [1.165, 1.54) is 10.6 Å². The van der Waals surface area contributed by atoms with Gasteiger partial charge in [-0.2, -0.15) is 4.31 Å². The average molecular weight is 312 g/mol. The number of hydrazine groups is 1. The van der Waals surface area contributed by atoms with Gasteiger partial charge in [0.05, 0.1) is 6.26 Å². The van der Waals surface area contributed by atoms with Crippen molar-refractivity contribution in [1.29, 1.82) is 0 Å². The molecule has 0 bridgehead atoms. The monoisotopic (exact) mass is 312 g/mol. The summed E-state index contributed by atoms with van der Waals surface area (Å²) in [6.07, 6.45) is 1.20. The van der Waals surface area contributed by atoms with Gasteiger partial charge in [0.25, 0.3) is 5.91 Å². The number of rotatable bonds is 4. The lowest BCUT2D eigenvalue weighted by Crippen LogP contribution is -2.52. The summed E-state index contributed by atoms with van der Waals surface area (Å²) in [6.45, 7) is 1.72. The van der Waals surface area contributed by atoms with Crippen LogP contribution in [0.1, 0.15) is 11.6 Å². The van der Waals surface area contributed by atoms with Crippen molar-refractivity contribution in [2.24, 2.45) is 5.84 Å². The quantitative estimate of drug-likeness (QED) is 0.435. The summed E-state index contributed by atoms with van der Waals surface area (Å²) >= 11 is 0. The van der Waals surface area contributed by atoms with E-state index in [4.69, 9.17) is 5.84 Å². The summed E-state index contributed by atoms with van der Waals surface area (Å²) in [5.41, 5.74) is 3.03. The van der Waals surface area contributed by atoms with E-state index in [2.05, 4.69) is 5.43 Å². The number of piperazine rings is 1. The van der Waals surface area contributed by atoms with Gasteiger partial charge in [-0.1, -0.05) is 30.3 Å². The number of carbonyl (C=O) groups excluding carboxylic acids is 1. The minimum atomic E-state index is -3.18. The molecule has 8 heteroatoms. The lowest BCUT2D eigenvalue weighted by atomic mass is 10.0. The number of benzene rings is 1. The van der Waals surface area contributed by atoms with Crippen LogP contribution in [0.3, 0.4) is 0 Å². The van der Waals surface area contributed by atoms with Crippen LogP contribution in [-0.2, 0) is 14.8 Å². The molecule has 1 fully saturated rings. The largest absolute Gasteiger partial charge is 0.293 e. The van der Waals surface area contributed by atoms with Crippen LogP contribution in [0.4, 0.5) is 0 Å². The molecule has 7 nitrogen and oxygen atoms in total. The van der Waals surface area contributed by atoms with Crippen LogP contribution in [0.2, 0.25) is 0 Å². The van der Waals surface area contributed by atoms with Gasteiger partial charge in [-0.05, 0) is 5.56 Å². The van der Waals surface area contributed by atoms with Crippen molar-refractivity contribution in [2.45, 2.75) is 6.04 Å². The normalized spacial score (nSPS) is 19.1. The smallest absolute Gasteiger partial charge is 0.255 e. The van der Waals surface area contributed by atoms with E-state index in [1.807, 2.05) is 35.2 Å². The molecule has 0 aromatic heterocycles. The van der Waals surface area contributed by atoms with Crippen molar-refractivity contribution < 1.29 is 13.2 Å². The molecule has 1 amide bonds. The Bertz CT molecular complexity index is 583. The molecule has 1 unspecified atom stereocenters. The van der Waals surface area contributed by atoms with Gasteiger partial charge in [0.2, 0.25) is 10.0 Å². The summed E-state index contributed by atoms with van der Waals surface area (Å²) < 4.78 is 24.5. The van der Waals surface area contributed by atoms with Crippen LogP contribution >= 0.6 is 0 Å². The number of carbonyl (C=O) groups is 1. The van der Waals surface area contributed by atoms with E-state index < -0.39 is 16.1 Å². The Morgan fingerprint density at radius 3 is 2.24 bits per heavy atom. The number of nitrogens with one attached hydrogen (secondary N) is 1. The van der Waals surface area contributed by atoms with Crippen LogP contribution in [0.25, 0.3) is 0 Å². The second-order valence-electron chi connectivity index (χ2n) is 5.02. The summed E-state index contributed by atoms with van der Waals surface area (Å²) in [5.74, 6) is 4.98. The van der Waals surface area contributed by atoms with Crippen molar-refractivity contribution in [3.8, 4) is 0 Å². The number of nitrogens with two attached hydrogens (primary N) is 1. The number of hydrogen-bond donors (Lipinski definition) is 2. The molecule has 2 rings (SSSR count). The summed E-state index contributed by atoms with van der Waals surface area (Å²) in [6, 6.07) is 8.82. The van der Waals surface area contributed by atoms with Crippen LogP contribution in [-0.4, -0.2) is 56.0 Å². The highest BCUT2D eigenvalue weighted by Crippen LogP contribution is 2.22. The van der Waals surface area contributed by atoms with Gasteiger partial charge in [-0.3, -0.25) is 15.1 Å². The molecule has 116 valence electrons. The Hall–Kier alpha value is -1.48. The van der Waals surface area contributed by atoms with Crippen molar-refractivity contribution in [3.05, 3.63) is 35.9 Å². The highest BCUT2D eigenvalue weighted by molar-refractivity contribution is 7.88. The molecule has 1 aromatic carbocycles. The maximum absolute atomic E-state index is 12.1. The minimum absolute atomic E-state index is 0.297. The van der Waals surface area contributed by atoms with Crippen LogP contribution in [0.15, 0.2) is 30.3 Å². The maximum Gasteiger partial charge on any atom is 0.255 e. The fourth-order valence-electron chi connectivity index (χ4n) is 2.54. The van der Waals surface area contributed by atoms with E-state index in [0.717, 1.165) is 5.56 Å². The topological polar surface area (TPSA) is 95.7 Å².